The van der Waals surface area contributed by atoms with Crippen LogP contribution in [0.2, 0.25) is 5.02 Å². The Labute approximate surface area is 244 Å². The highest BCUT2D eigenvalue weighted by Crippen LogP contribution is 2.20. The number of carbonyl (C=O) groups is 1. The lowest BCUT2D eigenvalue weighted by Gasteiger charge is -2.09. The Bertz CT molecular complexity index is 1430. The van der Waals surface area contributed by atoms with Crippen molar-refractivity contribution in [2.24, 2.45) is 5.10 Å². The van der Waals surface area contributed by atoms with Crippen LogP contribution in [-0.2, 0) is 24.5 Å². The van der Waals surface area contributed by atoms with Crippen LogP contribution >= 0.6 is 39.3 Å². The first-order valence-corrected chi connectivity index (χ1v) is 14.1. The van der Waals surface area contributed by atoms with Gasteiger partial charge in [0.1, 0.15) is 12.4 Å². The molecule has 8 nitrogen and oxygen atoms in total. The van der Waals surface area contributed by atoms with Gasteiger partial charge in [0.05, 0.1) is 18.5 Å². The van der Waals surface area contributed by atoms with Gasteiger partial charge in [-0.3, -0.25) is 4.79 Å². The fourth-order valence-electron chi connectivity index (χ4n) is 3.41. The smallest absolute Gasteiger partial charge is 0.250 e. The number of ether oxygens (including phenoxy) is 1. The SMILES string of the molecule is C=CCn1c(CNc2ccc(Cl)cc2)nnc1SCC(=O)NN=Cc1ccccc1OCc1ccc(Br)cc1. The first kappa shape index (κ1) is 28.4. The van der Waals surface area contributed by atoms with Gasteiger partial charge in [-0.05, 0) is 54.1 Å². The first-order chi connectivity index (χ1) is 19.0. The number of hydrazone groups is 1. The number of hydrogen-bond acceptors (Lipinski definition) is 7. The summed E-state index contributed by atoms with van der Waals surface area (Å²) in [6.07, 6.45) is 3.33. The van der Waals surface area contributed by atoms with Crippen LogP contribution in [0.3, 0.4) is 0 Å². The summed E-state index contributed by atoms with van der Waals surface area (Å²) in [5, 5.41) is 17.2. The molecule has 4 rings (SSSR count). The lowest BCUT2D eigenvalue weighted by molar-refractivity contribution is -0.118. The third-order valence-electron chi connectivity index (χ3n) is 5.35. The van der Waals surface area contributed by atoms with Gasteiger partial charge in [0, 0.05) is 27.3 Å². The maximum absolute atomic E-state index is 12.5. The molecule has 0 bridgehead atoms. The maximum atomic E-state index is 12.5. The minimum Gasteiger partial charge on any atom is -0.488 e. The van der Waals surface area contributed by atoms with E-state index in [0.29, 0.717) is 35.6 Å². The molecule has 2 N–H and O–H groups in total. The first-order valence-electron chi connectivity index (χ1n) is 11.9. The van der Waals surface area contributed by atoms with Crippen LogP contribution in [0.1, 0.15) is 17.0 Å². The Hall–Kier alpha value is -3.60. The zero-order chi connectivity index (χ0) is 27.5. The Kier molecular flexibility index (Phi) is 10.6. The van der Waals surface area contributed by atoms with Gasteiger partial charge in [0.2, 0.25) is 0 Å². The third kappa shape index (κ3) is 8.71. The number of aromatic nitrogens is 3. The number of amides is 1. The molecule has 0 saturated heterocycles. The summed E-state index contributed by atoms with van der Waals surface area (Å²) in [7, 11) is 0. The normalized spacial score (nSPS) is 10.9. The van der Waals surface area contributed by atoms with Gasteiger partial charge in [-0.25, -0.2) is 5.43 Å². The fraction of sp³-hybridized carbons (Fsp3) is 0.143. The van der Waals surface area contributed by atoms with E-state index in [2.05, 4.69) is 48.6 Å². The van der Waals surface area contributed by atoms with Crippen molar-refractivity contribution in [2.45, 2.75) is 24.9 Å². The Balaban J connectivity index is 1.29. The molecule has 0 spiro atoms. The topological polar surface area (TPSA) is 93.4 Å². The number of allylic oxidation sites excluding steroid dienone is 1. The minimum absolute atomic E-state index is 0.124. The Morgan fingerprint density at radius 1 is 1.10 bits per heavy atom. The number of carbonyl (C=O) groups excluding carboxylic acids is 1. The summed E-state index contributed by atoms with van der Waals surface area (Å²) in [5.41, 5.74) is 5.28. The van der Waals surface area contributed by atoms with Crippen LogP contribution in [0, 0.1) is 0 Å². The second-order valence-electron chi connectivity index (χ2n) is 8.19. The van der Waals surface area contributed by atoms with Crippen molar-refractivity contribution < 1.29 is 9.53 Å². The molecular weight excluding hydrogens is 600 g/mol. The quantitative estimate of drug-likeness (QED) is 0.0783. The minimum atomic E-state index is -0.265. The van der Waals surface area contributed by atoms with E-state index < -0.39 is 0 Å². The van der Waals surface area contributed by atoms with E-state index in [0.717, 1.165) is 27.1 Å². The molecule has 3 aromatic carbocycles. The summed E-state index contributed by atoms with van der Waals surface area (Å²) < 4.78 is 8.88. The Morgan fingerprint density at radius 3 is 2.64 bits per heavy atom. The zero-order valence-electron chi connectivity index (χ0n) is 20.9. The highest BCUT2D eigenvalue weighted by molar-refractivity contribution is 9.10. The number of thioether (sulfide) groups is 1. The molecule has 0 aliphatic carbocycles. The summed E-state index contributed by atoms with van der Waals surface area (Å²) in [6, 6.07) is 22.9. The summed E-state index contributed by atoms with van der Waals surface area (Å²) in [4.78, 5) is 12.5. The average molecular weight is 626 g/mol. The molecular formula is C28H26BrClN6O2S. The summed E-state index contributed by atoms with van der Waals surface area (Å²) in [6.45, 7) is 5.22. The molecule has 0 atom stereocenters. The van der Waals surface area contributed by atoms with Crippen LogP contribution in [0.25, 0.3) is 0 Å². The molecule has 1 heterocycles. The number of nitrogens with zero attached hydrogens (tertiary/aromatic N) is 4. The van der Waals surface area contributed by atoms with E-state index in [1.807, 2.05) is 77.4 Å². The number of benzene rings is 3. The van der Waals surface area contributed by atoms with E-state index in [4.69, 9.17) is 16.3 Å². The maximum Gasteiger partial charge on any atom is 0.250 e. The summed E-state index contributed by atoms with van der Waals surface area (Å²) in [5.74, 6) is 1.26. The molecule has 4 aromatic rings. The molecule has 0 unspecified atom stereocenters. The highest BCUT2D eigenvalue weighted by atomic mass is 79.9. The molecule has 39 heavy (non-hydrogen) atoms. The van der Waals surface area contributed by atoms with Crippen LogP contribution in [0.4, 0.5) is 5.69 Å². The van der Waals surface area contributed by atoms with Gasteiger partial charge in [-0.2, -0.15) is 5.10 Å². The lowest BCUT2D eigenvalue weighted by atomic mass is 10.2. The Morgan fingerprint density at radius 2 is 1.87 bits per heavy atom. The van der Waals surface area contributed by atoms with Crippen molar-refractivity contribution >= 4 is 57.1 Å². The van der Waals surface area contributed by atoms with Crippen molar-refractivity contribution in [3.63, 3.8) is 0 Å². The molecule has 0 saturated carbocycles. The van der Waals surface area contributed by atoms with Gasteiger partial charge >= 0.3 is 0 Å². The molecule has 0 aliphatic rings. The van der Waals surface area contributed by atoms with Gasteiger partial charge in [-0.1, -0.05) is 69.6 Å². The van der Waals surface area contributed by atoms with Crippen molar-refractivity contribution in [3.05, 3.63) is 112 Å². The van der Waals surface area contributed by atoms with Crippen molar-refractivity contribution in [1.29, 1.82) is 0 Å². The molecule has 11 heteroatoms. The van der Waals surface area contributed by atoms with Gasteiger partial charge in [0.25, 0.3) is 5.91 Å². The van der Waals surface area contributed by atoms with E-state index in [1.165, 1.54) is 11.8 Å². The highest BCUT2D eigenvalue weighted by Gasteiger charge is 2.13. The summed E-state index contributed by atoms with van der Waals surface area (Å²) >= 11 is 10.7. The molecule has 200 valence electrons. The molecule has 0 aliphatic heterocycles. The monoisotopic (exact) mass is 624 g/mol. The molecule has 1 amide bonds. The molecule has 0 radical (unpaired) electrons. The number of hydrogen-bond donors (Lipinski definition) is 2. The number of anilines is 1. The van der Waals surface area contributed by atoms with Gasteiger partial charge < -0.3 is 14.6 Å². The van der Waals surface area contributed by atoms with E-state index in [-0.39, 0.29) is 11.7 Å². The second kappa shape index (κ2) is 14.5. The average Bonchev–Trinajstić information content (AvgIpc) is 3.33. The van der Waals surface area contributed by atoms with Crippen LogP contribution in [0.5, 0.6) is 5.75 Å². The predicted octanol–water partition coefficient (Wildman–Crippen LogP) is 6.31. The number of halogens is 2. The van der Waals surface area contributed by atoms with E-state index in [1.54, 1.807) is 12.3 Å². The van der Waals surface area contributed by atoms with Crippen LogP contribution < -0.4 is 15.5 Å². The van der Waals surface area contributed by atoms with Crippen LogP contribution in [0.15, 0.2) is 100 Å². The van der Waals surface area contributed by atoms with Crippen molar-refractivity contribution in [2.75, 3.05) is 11.1 Å². The number of rotatable bonds is 13. The van der Waals surface area contributed by atoms with Crippen LogP contribution in [-0.4, -0.2) is 32.6 Å². The van der Waals surface area contributed by atoms with Gasteiger partial charge in [-0.15, -0.1) is 16.8 Å². The molecule has 1 aromatic heterocycles. The van der Waals surface area contributed by atoms with E-state index in [9.17, 15) is 4.79 Å². The van der Waals surface area contributed by atoms with Crippen molar-refractivity contribution in [1.82, 2.24) is 20.2 Å². The number of para-hydroxylation sites is 1. The largest absolute Gasteiger partial charge is 0.488 e. The van der Waals surface area contributed by atoms with Gasteiger partial charge in [0.15, 0.2) is 11.0 Å². The fourth-order valence-corrected chi connectivity index (χ4v) is 4.56. The lowest BCUT2D eigenvalue weighted by Crippen LogP contribution is -2.20. The molecule has 0 fully saturated rings. The van der Waals surface area contributed by atoms with Crippen molar-refractivity contribution in [3.8, 4) is 5.75 Å². The second-order valence-corrected chi connectivity index (χ2v) is 10.5. The standard InChI is InChI=1S/C28H26BrClN6O2S/c1-2-15-36-26(17-31-24-13-11-23(30)12-14-24)33-35-28(36)39-19-27(37)34-32-16-21-5-3-4-6-25(21)38-18-20-7-9-22(29)10-8-20/h2-14,16,31H,1,15,17-19H2,(H,34,37). The predicted molar refractivity (Wildman–Crippen MR) is 160 cm³/mol. The van der Waals surface area contributed by atoms with E-state index >= 15 is 0 Å². The third-order valence-corrected chi connectivity index (χ3v) is 7.10. The number of nitrogens with one attached hydrogen (secondary N) is 2. The zero-order valence-corrected chi connectivity index (χ0v) is 24.0.